The largest absolute Gasteiger partial charge is 0.507 e. The monoisotopic (exact) mass is 435 g/mol. The van der Waals surface area contributed by atoms with Crippen LogP contribution in [0.25, 0.3) is 22.3 Å². The number of H-pyrrole nitrogens is 1. The third-order valence-corrected chi connectivity index (χ3v) is 7.06. The highest BCUT2D eigenvalue weighted by Gasteiger charge is 2.28. The van der Waals surface area contributed by atoms with E-state index in [0.717, 1.165) is 69.8 Å². The fourth-order valence-corrected chi connectivity index (χ4v) is 5.20. The van der Waals surface area contributed by atoms with Crippen molar-refractivity contribution < 1.29 is 9.84 Å². The van der Waals surface area contributed by atoms with Gasteiger partial charge in [-0.1, -0.05) is 19.1 Å². The summed E-state index contributed by atoms with van der Waals surface area (Å²) in [5, 5.41) is 20.5. The average molecular weight is 436 g/mol. The lowest BCUT2D eigenvalue weighted by Crippen LogP contribution is -2.45. The van der Waals surface area contributed by atoms with Crippen molar-refractivity contribution in [1.29, 1.82) is 0 Å². The average Bonchev–Trinajstić information content (AvgIpc) is 3.20. The summed E-state index contributed by atoms with van der Waals surface area (Å²) in [6.45, 7) is 9.45. The normalized spacial score (nSPS) is 20.1. The predicted octanol–water partition coefficient (Wildman–Crippen LogP) is 3.58. The summed E-state index contributed by atoms with van der Waals surface area (Å²) in [5.74, 6) is 1.05. The minimum atomic E-state index is 0.230. The lowest BCUT2D eigenvalue weighted by atomic mass is 9.88. The number of phenolic OH excluding ortho intramolecular Hbond substituents is 1. The van der Waals surface area contributed by atoms with Crippen LogP contribution in [0, 0.1) is 0 Å². The molecule has 2 N–H and O–H groups in total. The zero-order valence-corrected chi connectivity index (χ0v) is 19.0. The summed E-state index contributed by atoms with van der Waals surface area (Å²) >= 11 is 0. The number of benzene rings is 1. The molecule has 0 aliphatic carbocycles. The molecule has 0 spiro atoms. The molecule has 2 aliphatic rings. The number of hydrogen-bond donors (Lipinski definition) is 2. The van der Waals surface area contributed by atoms with Crippen molar-refractivity contribution in [2.75, 3.05) is 53.0 Å². The minimum absolute atomic E-state index is 0.230. The van der Waals surface area contributed by atoms with Gasteiger partial charge in [-0.25, -0.2) is 0 Å². The molecule has 0 bridgehead atoms. The zero-order valence-electron chi connectivity index (χ0n) is 19.0. The fourth-order valence-electron chi connectivity index (χ4n) is 5.20. The minimum Gasteiger partial charge on any atom is -0.507 e. The van der Waals surface area contributed by atoms with Gasteiger partial charge in [0.1, 0.15) is 5.75 Å². The SMILES string of the molecule is C[C@@H](CN1CCN(C)CC1)c1c(C2CCOCC2)[nH]c2nnc(-c3ccccc3O)cc12. The smallest absolute Gasteiger partial charge is 0.160 e. The summed E-state index contributed by atoms with van der Waals surface area (Å²) in [7, 11) is 2.20. The molecule has 2 saturated heterocycles. The number of fused-ring (bicyclic) bond motifs is 1. The highest BCUT2D eigenvalue weighted by atomic mass is 16.5. The third kappa shape index (κ3) is 4.25. The highest BCUT2D eigenvalue weighted by molar-refractivity contribution is 5.86. The number of aromatic nitrogens is 3. The van der Waals surface area contributed by atoms with Crippen molar-refractivity contribution >= 4 is 11.0 Å². The lowest BCUT2D eigenvalue weighted by Gasteiger charge is -2.34. The van der Waals surface area contributed by atoms with Gasteiger partial charge in [0.15, 0.2) is 5.65 Å². The van der Waals surface area contributed by atoms with E-state index in [-0.39, 0.29) is 5.75 Å². The van der Waals surface area contributed by atoms with Gasteiger partial charge in [0.05, 0.1) is 5.69 Å². The van der Waals surface area contributed by atoms with Crippen molar-refractivity contribution in [3.63, 3.8) is 0 Å². The van der Waals surface area contributed by atoms with Crippen LogP contribution in [0.5, 0.6) is 5.75 Å². The van der Waals surface area contributed by atoms with E-state index >= 15 is 0 Å². The van der Waals surface area contributed by atoms with Crippen molar-refractivity contribution in [1.82, 2.24) is 25.0 Å². The van der Waals surface area contributed by atoms with Crippen LogP contribution >= 0.6 is 0 Å². The highest BCUT2D eigenvalue weighted by Crippen LogP contribution is 2.38. The van der Waals surface area contributed by atoms with Crippen LogP contribution in [-0.2, 0) is 4.74 Å². The van der Waals surface area contributed by atoms with Crippen LogP contribution in [0.3, 0.4) is 0 Å². The van der Waals surface area contributed by atoms with Crippen LogP contribution in [0.1, 0.15) is 42.9 Å². The quantitative estimate of drug-likeness (QED) is 0.638. The van der Waals surface area contributed by atoms with E-state index in [1.54, 1.807) is 6.07 Å². The lowest BCUT2D eigenvalue weighted by molar-refractivity contribution is 0.0843. The van der Waals surface area contributed by atoms with Gasteiger partial charge in [-0.05, 0) is 49.6 Å². The molecule has 0 saturated carbocycles. The van der Waals surface area contributed by atoms with Crippen LogP contribution in [0.4, 0.5) is 0 Å². The first-order valence-corrected chi connectivity index (χ1v) is 11.8. The summed E-state index contributed by atoms with van der Waals surface area (Å²) < 4.78 is 5.63. The Bertz CT molecular complexity index is 1070. The van der Waals surface area contributed by atoms with E-state index in [4.69, 9.17) is 4.74 Å². The molecule has 7 heteroatoms. The van der Waals surface area contributed by atoms with E-state index in [1.807, 2.05) is 18.2 Å². The van der Waals surface area contributed by atoms with Gasteiger partial charge < -0.3 is 24.6 Å². The number of aromatic amines is 1. The van der Waals surface area contributed by atoms with E-state index in [2.05, 4.69) is 45.0 Å². The Hall–Kier alpha value is -2.48. The van der Waals surface area contributed by atoms with Crippen molar-refractivity contribution in [3.05, 3.63) is 41.6 Å². The molecule has 2 aliphatic heterocycles. The topological polar surface area (TPSA) is 77.5 Å². The number of ether oxygens (including phenoxy) is 1. The van der Waals surface area contributed by atoms with Crippen LogP contribution in [0.15, 0.2) is 30.3 Å². The number of likely N-dealkylation sites (N-methyl/N-ethyl adjacent to an activating group) is 1. The molecule has 0 amide bonds. The number of piperazine rings is 1. The Morgan fingerprint density at radius 3 is 2.62 bits per heavy atom. The van der Waals surface area contributed by atoms with Gasteiger partial charge in [-0.2, -0.15) is 0 Å². The summed E-state index contributed by atoms with van der Waals surface area (Å²) in [6.07, 6.45) is 2.06. The Kier molecular flexibility index (Phi) is 6.13. The molecular weight excluding hydrogens is 402 g/mol. The maximum atomic E-state index is 10.4. The fraction of sp³-hybridized carbons (Fsp3) is 0.520. The van der Waals surface area contributed by atoms with Gasteiger partial charge in [0.2, 0.25) is 0 Å². The van der Waals surface area contributed by atoms with E-state index in [9.17, 15) is 5.11 Å². The number of rotatable bonds is 5. The molecular formula is C25H33N5O2. The third-order valence-electron chi connectivity index (χ3n) is 7.06. The zero-order chi connectivity index (χ0) is 22.1. The molecule has 1 atom stereocenters. The number of para-hydroxylation sites is 1. The van der Waals surface area contributed by atoms with Crippen molar-refractivity contribution in [3.8, 4) is 17.0 Å². The van der Waals surface area contributed by atoms with Crippen molar-refractivity contribution in [2.45, 2.75) is 31.6 Å². The van der Waals surface area contributed by atoms with Crippen molar-refractivity contribution in [2.24, 2.45) is 0 Å². The van der Waals surface area contributed by atoms with Gasteiger partial charge in [0.25, 0.3) is 0 Å². The number of nitrogens with zero attached hydrogens (tertiary/aromatic N) is 4. The van der Waals surface area contributed by atoms with Gasteiger partial charge in [-0.15, -0.1) is 10.2 Å². The Labute approximate surface area is 189 Å². The first-order chi connectivity index (χ1) is 15.6. The standard InChI is InChI=1S/C25H33N5O2/c1-17(16-30-11-9-29(2)10-12-30)23-20-15-21(19-5-3-4-6-22(19)31)27-28-25(20)26-24(23)18-7-13-32-14-8-18/h3-6,15,17-18,31H,7-14,16H2,1-2H3,(H,26,28)/t17-/m0/s1. The molecule has 4 heterocycles. The molecule has 32 heavy (non-hydrogen) atoms. The number of nitrogens with one attached hydrogen (secondary N) is 1. The maximum absolute atomic E-state index is 10.4. The predicted molar refractivity (Wildman–Crippen MR) is 126 cm³/mol. The van der Waals surface area contributed by atoms with Crippen LogP contribution in [0.2, 0.25) is 0 Å². The van der Waals surface area contributed by atoms with E-state index in [1.165, 1.54) is 11.3 Å². The Morgan fingerprint density at radius 2 is 1.88 bits per heavy atom. The number of hydrogen-bond acceptors (Lipinski definition) is 6. The first kappa shape index (κ1) is 21.4. The molecule has 0 radical (unpaired) electrons. The van der Waals surface area contributed by atoms with Gasteiger partial charge in [0, 0.05) is 68.5 Å². The summed E-state index contributed by atoms with van der Waals surface area (Å²) in [4.78, 5) is 8.61. The summed E-state index contributed by atoms with van der Waals surface area (Å²) in [6, 6.07) is 9.44. The maximum Gasteiger partial charge on any atom is 0.160 e. The van der Waals surface area contributed by atoms with Crippen LogP contribution in [-0.4, -0.2) is 83.1 Å². The molecule has 1 aromatic carbocycles. The second-order valence-electron chi connectivity index (χ2n) is 9.35. The molecule has 3 aromatic rings. The van der Waals surface area contributed by atoms with E-state index in [0.29, 0.717) is 23.1 Å². The second kappa shape index (κ2) is 9.17. The first-order valence-electron chi connectivity index (χ1n) is 11.8. The summed E-state index contributed by atoms with van der Waals surface area (Å²) in [5.41, 5.74) is 4.92. The van der Waals surface area contributed by atoms with Gasteiger partial charge >= 0.3 is 0 Å². The number of aromatic hydroxyl groups is 1. The Balaban J connectivity index is 1.55. The molecule has 2 fully saturated rings. The van der Waals surface area contributed by atoms with E-state index < -0.39 is 0 Å². The molecule has 170 valence electrons. The Morgan fingerprint density at radius 1 is 1.12 bits per heavy atom. The van der Waals surface area contributed by atoms with Gasteiger partial charge in [-0.3, -0.25) is 0 Å². The number of phenols is 1. The molecule has 7 nitrogen and oxygen atoms in total. The molecule has 5 rings (SSSR count). The molecule has 2 aromatic heterocycles. The molecule has 0 unspecified atom stereocenters. The second-order valence-corrected chi connectivity index (χ2v) is 9.35. The van der Waals surface area contributed by atoms with Crippen LogP contribution < -0.4 is 0 Å².